The quantitative estimate of drug-likeness (QED) is 0.658. The lowest BCUT2D eigenvalue weighted by Crippen LogP contribution is -2.12. The van der Waals surface area contributed by atoms with E-state index in [2.05, 4.69) is 10.3 Å². The van der Waals surface area contributed by atoms with E-state index in [-0.39, 0.29) is 17.4 Å². The number of amides is 1. The van der Waals surface area contributed by atoms with E-state index < -0.39 is 5.97 Å². The van der Waals surface area contributed by atoms with E-state index >= 15 is 0 Å². The van der Waals surface area contributed by atoms with Gasteiger partial charge in [-0.05, 0) is 48.0 Å². The molecule has 3 aromatic rings. The summed E-state index contributed by atoms with van der Waals surface area (Å²) in [6.07, 6.45) is 2.50. The maximum absolute atomic E-state index is 13.0. The predicted molar refractivity (Wildman–Crippen MR) is 98.6 cm³/mol. The van der Waals surface area contributed by atoms with Gasteiger partial charge in [-0.15, -0.1) is 11.3 Å². The molecule has 0 saturated carbocycles. The van der Waals surface area contributed by atoms with E-state index in [0.29, 0.717) is 16.3 Å². The van der Waals surface area contributed by atoms with Crippen molar-refractivity contribution >= 4 is 35.0 Å². The van der Waals surface area contributed by atoms with Crippen LogP contribution in [-0.2, 0) is 4.79 Å². The number of hydrogen-bond acceptors (Lipinski definition) is 4. The Morgan fingerprint density at radius 3 is 2.42 bits per heavy atom. The first kappa shape index (κ1) is 17.5. The molecule has 0 radical (unpaired) electrons. The number of rotatable bonds is 5. The minimum atomic E-state index is -1.03. The second-order valence-electron chi connectivity index (χ2n) is 5.29. The lowest BCUT2D eigenvalue weighted by atomic mass is 10.2. The van der Waals surface area contributed by atoms with Crippen molar-refractivity contribution in [2.24, 2.45) is 0 Å². The van der Waals surface area contributed by atoms with Crippen molar-refractivity contribution in [1.29, 1.82) is 0 Å². The van der Waals surface area contributed by atoms with Gasteiger partial charge in [0.25, 0.3) is 5.91 Å². The van der Waals surface area contributed by atoms with Gasteiger partial charge in [0.2, 0.25) is 0 Å². The number of hydrogen-bond donors (Lipinski definition) is 2. The number of carbonyl (C=O) groups excluding carboxylic acids is 1. The normalized spacial score (nSPS) is 10.8. The summed E-state index contributed by atoms with van der Waals surface area (Å²) in [5.41, 5.74) is 2.28. The average Bonchev–Trinajstić information content (AvgIpc) is 3.12. The molecule has 0 spiro atoms. The predicted octanol–water partition coefficient (Wildman–Crippen LogP) is 4.30. The van der Waals surface area contributed by atoms with E-state index in [1.165, 1.54) is 29.5 Å². The molecular formula is C19H13FN2O3S. The molecule has 26 heavy (non-hydrogen) atoms. The van der Waals surface area contributed by atoms with Crippen molar-refractivity contribution in [3.63, 3.8) is 0 Å². The molecule has 0 aliphatic carbocycles. The van der Waals surface area contributed by atoms with Crippen LogP contribution in [0, 0.1) is 5.82 Å². The number of carbonyl (C=O) groups is 2. The Balaban J connectivity index is 1.68. The molecule has 7 heteroatoms. The number of nitrogens with zero attached hydrogens (tertiary/aromatic N) is 1. The summed E-state index contributed by atoms with van der Waals surface area (Å²) in [5, 5.41) is 13.6. The fourth-order valence-corrected chi connectivity index (χ4v) is 2.95. The van der Waals surface area contributed by atoms with E-state index in [4.69, 9.17) is 5.11 Å². The van der Waals surface area contributed by atoms with Gasteiger partial charge in [-0.25, -0.2) is 14.2 Å². The van der Waals surface area contributed by atoms with E-state index in [1.54, 1.807) is 41.8 Å². The summed E-state index contributed by atoms with van der Waals surface area (Å²) in [4.78, 5) is 27.1. The fraction of sp³-hybridized carbons (Fsp3) is 0. The lowest BCUT2D eigenvalue weighted by Gasteiger charge is -2.03. The first-order valence-electron chi connectivity index (χ1n) is 7.55. The van der Waals surface area contributed by atoms with Gasteiger partial charge < -0.3 is 10.4 Å². The summed E-state index contributed by atoms with van der Waals surface area (Å²) in [6.45, 7) is 0. The minimum absolute atomic E-state index is 0.268. The average molecular weight is 368 g/mol. The summed E-state index contributed by atoms with van der Waals surface area (Å²) >= 11 is 1.30. The molecule has 0 bridgehead atoms. The maximum atomic E-state index is 13.0. The van der Waals surface area contributed by atoms with Crippen LogP contribution in [0.15, 0.2) is 60.0 Å². The van der Waals surface area contributed by atoms with Gasteiger partial charge in [0.1, 0.15) is 16.5 Å². The number of benzene rings is 2. The molecule has 2 aromatic carbocycles. The summed E-state index contributed by atoms with van der Waals surface area (Å²) in [5.74, 6) is -1.71. The molecular weight excluding hydrogens is 355 g/mol. The van der Waals surface area contributed by atoms with E-state index in [0.717, 1.165) is 11.6 Å². The molecule has 3 rings (SSSR count). The molecule has 0 unspecified atom stereocenters. The molecule has 1 aromatic heterocycles. The number of halogens is 1. The van der Waals surface area contributed by atoms with Crippen LogP contribution in [-0.4, -0.2) is 22.0 Å². The third-order valence-electron chi connectivity index (χ3n) is 3.41. The van der Waals surface area contributed by atoms with Crippen molar-refractivity contribution in [1.82, 2.24) is 4.98 Å². The molecule has 1 amide bonds. The Labute approximate surface area is 152 Å². The van der Waals surface area contributed by atoms with Crippen LogP contribution >= 0.6 is 11.3 Å². The monoisotopic (exact) mass is 368 g/mol. The highest BCUT2D eigenvalue weighted by molar-refractivity contribution is 7.13. The molecule has 0 fully saturated rings. The summed E-state index contributed by atoms with van der Waals surface area (Å²) < 4.78 is 13.0. The van der Waals surface area contributed by atoms with Gasteiger partial charge in [0.05, 0.1) is 0 Å². The van der Waals surface area contributed by atoms with Gasteiger partial charge in [0.15, 0.2) is 0 Å². The number of nitrogens with one attached hydrogen (secondary N) is 1. The Hall–Kier alpha value is -3.32. The van der Waals surface area contributed by atoms with Crippen LogP contribution in [0.4, 0.5) is 10.1 Å². The molecule has 0 atom stereocenters. The Morgan fingerprint density at radius 2 is 1.77 bits per heavy atom. The first-order valence-corrected chi connectivity index (χ1v) is 8.43. The third kappa shape index (κ3) is 4.40. The fourth-order valence-electron chi connectivity index (χ4n) is 2.14. The van der Waals surface area contributed by atoms with E-state index in [9.17, 15) is 14.0 Å². The van der Waals surface area contributed by atoms with Crippen molar-refractivity contribution in [3.05, 3.63) is 77.1 Å². The molecule has 5 nitrogen and oxygen atoms in total. The SMILES string of the molecule is O=C(O)/C=C/c1ccc(NC(=O)c2csc(-c3ccc(F)cc3)n2)cc1. The van der Waals surface area contributed by atoms with Gasteiger partial charge in [0, 0.05) is 22.7 Å². The van der Waals surface area contributed by atoms with Gasteiger partial charge in [-0.1, -0.05) is 12.1 Å². The maximum Gasteiger partial charge on any atom is 0.328 e. The molecule has 130 valence electrons. The van der Waals surface area contributed by atoms with E-state index in [1.807, 2.05) is 0 Å². The summed E-state index contributed by atoms with van der Waals surface area (Å²) in [7, 11) is 0. The van der Waals surface area contributed by atoms with Crippen LogP contribution in [0.25, 0.3) is 16.6 Å². The Bertz CT molecular complexity index is 963. The smallest absolute Gasteiger partial charge is 0.328 e. The van der Waals surface area contributed by atoms with Crippen molar-refractivity contribution in [2.45, 2.75) is 0 Å². The summed E-state index contributed by atoms with van der Waals surface area (Å²) in [6, 6.07) is 12.6. The number of carboxylic acids is 1. The zero-order chi connectivity index (χ0) is 18.5. The number of thiazole rings is 1. The second kappa shape index (κ2) is 7.71. The highest BCUT2D eigenvalue weighted by Gasteiger charge is 2.12. The molecule has 2 N–H and O–H groups in total. The largest absolute Gasteiger partial charge is 0.478 e. The Morgan fingerprint density at radius 1 is 1.08 bits per heavy atom. The highest BCUT2D eigenvalue weighted by Crippen LogP contribution is 2.24. The van der Waals surface area contributed by atoms with Crippen molar-refractivity contribution in [2.75, 3.05) is 5.32 Å². The van der Waals surface area contributed by atoms with Crippen LogP contribution in [0.1, 0.15) is 16.1 Å². The number of aromatic nitrogens is 1. The Kier molecular flexibility index (Phi) is 5.19. The zero-order valence-electron chi connectivity index (χ0n) is 13.3. The second-order valence-corrected chi connectivity index (χ2v) is 6.15. The zero-order valence-corrected chi connectivity index (χ0v) is 14.2. The van der Waals surface area contributed by atoms with Crippen molar-refractivity contribution in [3.8, 4) is 10.6 Å². The number of carboxylic acid groups (broad SMARTS) is 1. The van der Waals surface area contributed by atoms with Crippen LogP contribution < -0.4 is 5.32 Å². The molecule has 0 saturated heterocycles. The first-order chi connectivity index (χ1) is 12.5. The van der Waals surface area contributed by atoms with Gasteiger partial charge in [-0.2, -0.15) is 0 Å². The molecule has 0 aliphatic rings. The van der Waals surface area contributed by atoms with Gasteiger partial charge in [-0.3, -0.25) is 4.79 Å². The number of anilines is 1. The van der Waals surface area contributed by atoms with Crippen LogP contribution in [0.2, 0.25) is 0 Å². The molecule has 0 aliphatic heterocycles. The number of aliphatic carboxylic acids is 1. The topological polar surface area (TPSA) is 79.3 Å². The van der Waals surface area contributed by atoms with Crippen LogP contribution in [0.5, 0.6) is 0 Å². The third-order valence-corrected chi connectivity index (χ3v) is 4.31. The van der Waals surface area contributed by atoms with Crippen molar-refractivity contribution < 1.29 is 19.1 Å². The standard InChI is InChI=1S/C19H13FN2O3S/c20-14-6-4-13(5-7-14)19-22-16(11-26-19)18(25)21-15-8-1-12(2-9-15)3-10-17(23)24/h1-11H,(H,21,25)(H,23,24)/b10-3+. The lowest BCUT2D eigenvalue weighted by molar-refractivity contribution is -0.131. The molecule has 1 heterocycles. The van der Waals surface area contributed by atoms with Gasteiger partial charge >= 0.3 is 5.97 Å². The highest BCUT2D eigenvalue weighted by atomic mass is 32.1. The minimum Gasteiger partial charge on any atom is -0.478 e. The van der Waals surface area contributed by atoms with Crippen LogP contribution in [0.3, 0.4) is 0 Å².